The van der Waals surface area contributed by atoms with E-state index in [1.807, 2.05) is 38.1 Å². The van der Waals surface area contributed by atoms with Crippen molar-refractivity contribution in [3.05, 3.63) is 58.4 Å². The third-order valence-corrected chi connectivity index (χ3v) is 4.09. The Bertz CT molecular complexity index is 986. The smallest absolute Gasteiger partial charge is 0.338 e. The van der Waals surface area contributed by atoms with Crippen LogP contribution in [0.5, 0.6) is 11.5 Å². The molecule has 1 heterocycles. The van der Waals surface area contributed by atoms with E-state index in [0.717, 1.165) is 11.1 Å². The Labute approximate surface area is 167 Å². The summed E-state index contributed by atoms with van der Waals surface area (Å²) < 4.78 is 21.5. The summed E-state index contributed by atoms with van der Waals surface area (Å²) in [5.41, 5.74) is 2.10. The zero-order chi connectivity index (χ0) is 20.1. The number of ether oxygens (including phenoxy) is 3. The van der Waals surface area contributed by atoms with Crippen molar-refractivity contribution in [2.75, 3.05) is 13.7 Å². The van der Waals surface area contributed by atoms with Crippen LogP contribution in [-0.4, -0.2) is 29.9 Å². The molecule has 0 aliphatic heterocycles. The molecule has 2 aromatic carbocycles. The van der Waals surface area contributed by atoms with Crippen molar-refractivity contribution in [3.63, 3.8) is 0 Å². The van der Waals surface area contributed by atoms with Crippen LogP contribution in [0.2, 0.25) is 5.02 Å². The van der Waals surface area contributed by atoms with Gasteiger partial charge >= 0.3 is 5.97 Å². The van der Waals surface area contributed by atoms with E-state index in [2.05, 4.69) is 10.2 Å². The Kier molecular flexibility index (Phi) is 6.16. The van der Waals surface area contributed by atoms with Gasteiger partial charge in [0, 0.05) is 5.56 Å². The molecule has 28 heavy (non-hydrogen) atoms. The number of aryl methyl sites for hydroxylation is 1. The van der Waals surface area contributed by atoms with Gasteiger partial charge in [-0.25, -0.2) is 4.79 Å². The minimum atomic E-state index is -0.599. The van der Waals surface area contributed by atoms with Gasteiger partial charge in [0.25, 0.3) is 5.89 Å². The lowest BCUT2D eigenvalue weighted by Crippen LogP contribution is -2.07. The fourth-order valence-electron chi connectivity index (χ4n) is 2.54. The van der Waals surface area contributed by atoms with Crippen molar-refractivity contribution < 1.29 is 23.4 Å². The summed E-state index contributed by atoms with van der Waals surface area (Å²) in [7, 11) is 1.47. The highest BCUT2D eigenvalue weighted by atomic mass is 35.5. The molecule has 0 fully saturated rings. The first kappa shape index (κ1) is 19.7. The molecule has 0 atom stereocenters. The Morgan fingerprint density at radius 1 is 1.21 bits per heavy atom. The zero-order valence-corrected chi connectivity index (χ0v) is 16.4. The second-order valence-corrected chi connectivity index (χ2v) is 6.28. The van der Waals surface area contributed by atoms with E-state index in [-0.39, 0.29) is 23.1 Å². The van der Waals surface area contributed by atoms with Crippen LogP contribution in [0, 0.1) is 6.92 Å². The summed E-state index contributed by atoms with van der Waals surface area (Å²) >= 11 is 6.18. The van der Waals surface area contributed by atoms with Gasteiger partial charge in [-0.15, -0.1) is 10.2 Å². The molecule has 0 saturated carbocycles. The minimum absolute atomic E-state index is 0.162. The molecular formula is C20H19ClN2O5. The van der Waals surface area contributed by atoms with E-state index < -0.39 is 5.97 Å². The summed E-state index contributed by atoms with van der Waals surface area (Å²) in [5.74, 6) is 0.677. The standard InChI is InChI=1S/C20H19ClN2O5/c1-4-26-18-15(21)9-14(10-16(18)25-3)20(24)27-11-17-22-23-19(28-17)13-7-5-6-12(2)8-13/h5-10H,4,11H2,1-3H3. The number of nitrogens with zero attached hydrogens (tertiary/aromatic N) is 2. The number of aromatic nitrogens is 2. The summed E-state index contributed by atoms with van der Waals surface area (Å²) in [6.45, 7) is 4.05. The second kappa shape index (κ2) is 8.75. The Hall–Kier alpha value is -3.06. The van der Waals surface area contributed by atoms with Gasteiger partial charge in [0.05, 0.1) is 24.3 Å². The number of rotatable bonds is 7. The molecule has 3 aromatic rings. The van der Waals surface area contributed by atoms with Crippen molar-refractivity contribution in [1.82, 2.24) is 10.2 Å². The second-order valence-electron chi connectivity index (χ2n) is 5.87. The number of hydrogen-bond donors (Lipinski definition) is 0. The average molecular weight is 403 g/mol. The fraction of sp³-hybridized carbons (Fsp3) is 0.250. The monoisotopic (exact) mass is 402 g/mol. The van der Waals surface area contributed by atoms with Crippen LogP contribution in [-0.2, 0) is 11.3 Å². The highest BCUT2D eigenvalue weighted by Gasteiger charge is 2.18. The first-order valence-electron chi connectivity index (χ1n) is 8.58. The normalized spacial score (nSPS) is 10.6. The maximum absolute atomic E-state index is 12.4. The number of benzene rings is 2. The third kappa shape index (κ3) is 4.43. The quantitative estimate of drug-likeness (QED) is 0.539. The molecule has 3 rings (SSSR count). The van der Waals surface area contributed by atoms with Crippen molar-refractivity contribution in [3.8, 4) is 23.0 Å². The first-order chi connectivity index (χ1) is 13.5. The number of hydrogen-bond acceptors (Lipinski definition) is 7. The highest BCUT2D eigenvalue weighted by molar-refractivity contribution is 6.32. The summed E-state index contributed by atoms with van der Waals surface area (Å²) in [6.07, 6.45) is 0. The maximum Gasteiger partial charge on any atom is 0.338 e. The average Bonchev–Trinajstić information content (AvgIpc) is 3.16. The molecule has 0 aliphatic rings. The van der Waals surface area contributed by atoms with Gasteiger partial charge in [0.1, 0.15) is 0 Å². The molecule has 0 unspecified atom stereocenters. The van der Waals surface area contributed by atoms with Gasteiger partial charge in [-0.3, -0.25) is 0 Å². The number of carbonyl (C=O) groups is 1. The third-order valence-electron chi connectivity index (χ3n) is 3.81. The van der Waals surface area contributed by atoms with Gasteiger partial charge in [-0.2, -0.15) is 0 Å². The Morgan fingerprint density at radius 3 is 2.75 bits per heavy atom. The molecular weight excluding hydrogens is 384 g/mol. The van der Waals surface area contributed by atoms with Gasteiger partial charge < -0.3 is 18.6 Å². The van der Waals surface area contributed by atoms with Crippen LogP contribution in [0.4, 0.5) is 0 Å². The lowest BCUT2D eigenvalue weighted by molar-refractivity contribution is 0.0438. The molecule has 8 heteroatoms. The first-order valence-corrected chi connectivity index (χ1v) is 8.96. The SMILES string of the molecule is CCOc1c(Cl)cc(C(=O)OCc2nnc(-c3cccc(C)c3)o2)cc1OC. The maximum atomic E-state index is 12.4. The Balaban J connectivity index is 1.70. The van der Waals surface area contributed by atoms with Crippen LogP contribution in [0.1, 0.15) is 28.7 Å². The molecule has 7 nitrogen and oxygen atoms in total. The molecule has 0 radical (unpaired) electrons. The zero-order valence-electron chi connectivity index (χ0n) is 15.7. The van der Waals surface area contributed by atoms with E-state index in [9.17, 15) is 4.79 Å². The van der Waals surface area contributed by atoms with Gasteiger partial charge in [-0.05, 0) is 38.1 Å². The molecule has 1 aromatic heterocycles. The highest BCUT2D eigenvalue weighted by Crippen LogP contribution is 2.36. The lowest BCUT2D eigenvalue weighted by atomic mass is 10.1. The summed E-state index contributed by atoms with van der Waals surface area (Å²) in [5, 5.41) is 8.16. The van der Waals surface area contributed by atoms with Gasteiger partial charge in [0.15, 0.2) is 18.1 Å². The number of carbonyl (C=O) groups excluding carboxylic acids is 1. The van der Waals surface area contributed by atoms with Crippen molar-refractivity contribution >= 4 is 17.6 Å². The number of halogens is 1. The van der Waals surface area contributed by atoms with Gasteiger partial charge in [0.2, 0.25) is 5.89 Å². The number of methoxy groups -OCH3 is 1. The topological polar surface area (TPSA) is 83.7 Å². The molecule has 146 valence electrons. The van der Waals surface area contributed by atoms with Crippen LogP contribution < -0.4 is 9.47 Å². The van der Waals surface area contributed by atoms with Gasteiger partial charge in [-0.1, -0.05) is 29.3 Å². The van der Waals surface area contributed by atoms with Crippen molar-refractivity contribution in [2.45, 2.75) is 20.5 Å². The molecule has 0 bridgehead atoms. The van der Waals surface area contributed by atoms with Crippen LogP contribution in [0.25, 0.3) is 11.5 Å². The fourth-order valence-corrected chi connectivity index (χ4v) is 2.80. The molecule has 0 amide bonds. The van der Waals surface area contributed by atoms with Crippen molar-refractivity contribution in [2.24, 2.45) is 0 Å². The predicted molar refractivity (Wildman–Crippen MR) is 103 cm³/mol. The minimum Gasteiger partial charge on any atom is -0.493 e. The molecule has 0 saturated heterocycles. The number of esters is 1. The summed E-state index contributed by atoms with van der Waals surface area (Å²) in [4.78, 5) is 12.4. The van der Waals surface area contributed by atoms with Crippen LogP contribution in [0.15, 0.2) is 40.8 Å². The molecule has 0 N–H and O–H groups in total. The lowest BCUT2D eigenvalue weighted by Gasteiger charge is -2.12. The summed E-state index contributed by atoms with van der Waals surface area (Å²) in [6, 6.07) is 10.6. The Morgan fingerprint density at radius 2 is 2.04 bits per heavy atom. The van der Waals surface area contributed by atoms with Crippen molar-refractivity contribution in [1.29, 1.82) is 0 Å². The largest absolute Gasteiger partial charge is 0.493 e. The predicted octanol–water partition coefficient (Wildman–Crippen LogP) is 4.46. The van der Waals surface area contributed by atoms with E-state index in [1.165, 1.54) is 19.2 Å². The van der Waals surface area contributed by atoms with E-state index in [0.29, 0.717) is 24.0 Å². The van der Waals surface area contributed by atoms with E-state index >= 15 is 0 Å². The van der Waals surface area contributed by atoms with Crippen LogP contribution >= 0.6 is 11.6 Å². The molecule has 0 aliphatic carbocycles. The molecule has 0 spiro atoms. The van der Waals surface area contributed by atoms with E-state index in [4.69, 9.17) is 30.2 Å². The van der Waals surface area contributed by atoms with E-state index in [1.54, 1.807) is 0 Å². The van der Waals surface area contributed by atoms with Crippen LogP contribution in [0.3, 0.4) is 0 Å².